The second-order valence-corrected chi connectivity index (χ2v) is 8.31. The van der Waals surface area contributed by atoms with Gasteiger partial charge in [-0.05, 0) is 44.8 Å². The van der Waals surface area contributed by atoms with Gasteiger partial charge in [0.2, 0.25) is 11.2 Å². The van der Waals surface area contributed by atoms with E-state index in [1.165, 1.54) is 0 Å². The molecule has 0 amide bonds. The van der Waals surface area contributed by atoms with Crippen LogP contribution in [0.2, 0.25) is 5.28 Å². The zero-order chi connectivity index (χ0) is 20.7. The van der Waals surface area contributed by atoms with Crippen molar-refractivity contribution in [3.63, 3.8) is 0 Å². The first-order valence-electron chi connectivity index (χ1n) is 10.0. The lowest BCUT2D eigenvalue weighted by Crippen LogP contribution is -2.38. The summed E-state index contributed by atoms with van der Waals surface area (Å²) in [6.45, 7) is 4.06. The van der Waals surface area contributed by atoms with Crippen LogP contribution in [0.4, 0.5) is 0 Å². The summed E-state index contributed by atoms with van der Waals surface area (Å²) in [5.74, 6) is 0.330. The Bertz CT molecular complexity index is 939. The molecule has 2 aromatic heterocycles. The second-order valence-electron chi connectivity index (χ2n) is 7.98. The molecule has 0 spiro atoms. The van der Waals surface area contributed by atoms with Crippen LogP contribution in [-0.2, 0) is 16.5 Å². The molecule has 4 atom stereocenters. The van der Waals surface area contributed by atoms with Gasteiger partial charge in [0, 0.05) is 33.4 Å². The number of hydrogen-bond donors (Lipinski definition) is 0. The maximum Gasteiger partial charge on any atom is 0.330 e. The van der Waals surface area contributed by atoms with Crippen molar-refractivity contribution in [2.24, 2.45) is 7.05 Å². The Morgan fingerprint density at radius 1 is 1.31 bits per heavy atom. The van der Waals surface area contributed by atoms with Crippen LogP contribution in [0, 0.1) is 0 Å². The molecule has 0 saturated carbocycles. The summed E-state index contributed by atoms with van der Waals surface area (Å²) >= 11 is 6.23. The van der Waals surface area contributed by atoms with E-state index in [1.54, 1.807) is 23.3 Å². The number of aromatic nitrogens is 4. The number of halogens is 1. The normalized spacial score (nSPS) is 26.9. The Morgan fingerprint density at radius 3 is 2.76 bits per heavy atom. The molecular weight excluding hydrogens is 398 g/mol. The van der Waals surface area contributed by atoms with Crippen molar-refractivity contribution in [2.45, 2.75) is 50.5 Å². The van der Waals surface area contributed by atoms with Gasteiger partial charge in [-0.3, -0.25) is 14.0 Å². The Balaban J connectivity index is 1.71. The van der Waals surface area contributed by atoms with E-state index in [4.69, 9.17) is 25.8 Å². The summed E-state index contributed by atoms with van der Waals surface area (Å²) < 4.78 is 20.5. The largest absolute Gasteiger partial charge is 0.471 e. The molecule has 4 heterocycles. The fourth-order valence-corrected chi connectivity index (χ4v) is 4.66. The molecule has 0 radical (unpaired) electrons. The third kappa shape index (κ3) is 3.76. The molecule has 0 aliphatic carbocycles. The topological polar surface area (TPSA) is 83.6 Å². The van der Waals surface area contributed by atoms with Crippen LogP contribution in [0.25, 0.3) is 11.2 Å². The van der Waals surface area contributed by atoms with Crippen molar-refractivity contribution in [3.8, 4) is 5.88 Å². The quantitative estimate of drug-likeness (QED) is 0.673. The summed E-state index contributed by atoms with van der Waals surface area (Å²) in [5.41, 5.74) is 0.882. The van der Waals surface area contributed by atoms with Crippen LogP contribution in [0.5, 0.6) is 5.88 Å². The highest BCUT2D eigenvalue weighted by molar-refractivity contribution is 6.28. The molecule has 29 heavy (non-hydrogen) atoms. The van der Waals surface area contributed by atoms with E-state index < -0.39 is 0 Å². The van der Waals surface area contributed by atoms with Gasteiger partial charge >= 0.3 is 5.69 Å². The van der Waals surface area contributed by atoms with Crippen molar-refractivity contribution < 1.29 is 14.2 Å². The molecule has 0 N–H and O–H groups in total. The van der Waals surface area contributed by atoms with Crippen LogP contribution >= 0.6 is 11.6 Å². The number of ether oxygens (including phenoxy) is 3. The molecule has 10 heteroatoms. The van der Waals surface area contributed by atoms with E-state index >= 15 is 0 Å². The van der Waals surface area contributed by atoms with Crippen LogP contribution < -0.4 is 10.4 Å². The number of fused-ring (bicyclic) bond motifs is 1. The van der Waals surface area contributed by atoms with Gasteiger partial charge in [0.25, 0.3) is 0 Å². The summed E-state index contributed by atoms with van der Waals surface area (Å²) in [6.07, 6.45) is 2.66. The van der Waals surface area contributed by atoms with Gasteiger partial charge in [0.05, 0.1) is 18.8 Å². The predicted octanol–water partition coefficient (Wildman–Crippen LogP) is 1.62. The third-order valence-electron chi connectivity index (χ3n) is 6.10. The first-order valence-corrected chi connectivity index (χ1v) is 10.4. The number of methoxy groups -OCH3 is 1. The lowest BCUT2D eigenvalue weighted by Gasteiger charge is -2.26. The maximum absolute atomic E-state index is 13.0. The first-order chi connectivity index (χ1) is 13.9. The standard InChI is InChI=1S/C19H28ClN5O4/c1-11(14-8-13(27-4)9-23(14)2)29-17-15-16(21-18(20)22-17)25(19(26)24(15)3)12-6-5-7-28-10-12/h11-14H,5-10H2,1-4H3/t11-,12+,13+,14-/m0/s1. The van der Waals surface area contributed by atoms with Gasteiger partial charge in [-0.2, -0.15) is 9.97 Å². The molecule has 0 unspecified atom stereocenters. The molecule has 2 aromatic rings. The minimum Gasteiger partial charge on any atom is -0.471 e. The Morgan fingerprint density at radius 2 is 2.10 bits per heavy atom. The van der Waals surface area contributed by atoms with E-state index in [0.717, 1.165) is 32.4 Å². The maximum atomic E-state index is 13.0. The lowest BCUT2D eigenvalue weighted by molar-refractivity contribution is 0.0590. The Kier molecular flexibility index (Phi) is 5.83. The molecule has 0 bridgehead atoms. The Labute approximate surface area is 174 Å². The smallest absolute Gasteiger partial charge is 0.330 e. The van der Waals surface area contributed by atoms with E-state index in [1.807, 2.05) is 6.92 Å². The van der Waals surface area contributed by atoms with Crippen molar-refractivity contribution in [2.75, 3.05) is 33.9 Å². The van der Waals surface area contributed by atoms with Gasteiger partial charge in [0.1, 0.15) is 6.10 Å². The van der Waals surface area contributed by atoms with Crippen LogP contribution in [-0.4, -0.2) is 76.2 Å². The number of rotatable bonds is 5. The number of aryl methyl sites for hydroxylation is 1. The number of nitrogens with zero attached hydrogens (tertiary/aromatic N) is 5. The van der Waals surface area contributed by atoms with Gasteiger partial charge in [-0.15, -0.1) is 0 Å². The molecule has 0 aromatic carbocycles. The third-order valence-corrected chi connectivity index (χ3v) is 6.27. The predicted molar refractivity (Wildman–Crippen MR) is 109 cm³/mol. The molecule has 2 fully saturated rings. The molecular formula is C19H28ClN5O4. The van der Waals surface area contributed by atoms with Gasteiger partial charge in [-0.1, -0.05) is 0 Å². The monoisotopic (exact) mass is 425 g/mol. The summed E-state index contributed by atoms with van der Waals surface area (Å²) in [5, 5.41) is 0.0605. The lowest BCUT2D eigenvalue weighted by atomic mass is 10.1. The van der Waals surface area contributed by atoms with Crippen LogP contribution in [0.15, 0.2) is 4.79 Å². The van der Waals surface area contributed by atoms with E-state index in [-0.39, 0.29) is 35.3 Å². The van der Waals surface area contributed by atoms with E-state index in [2.05, 4.69) is 21.9 Å². The summed E-state index contributed by atoms with van der Waals surface area (Å²) in [7, 11) is 5.50. The zero-order valence-electron chi connectivity index (χ0n) is 17.3. The van der Waals surface area contributed by atoms with Crippen LogP contribution in [0.3, 0.4) is 0 Å². The van der Waals surface area contributed by atoms with E-state index in [0.29, 0.717) is 23.7 Å². The number of imidazole rings is 1. The van der Waals surface area contributed by atoms with Gasteiger partial charge in [0.15, 0.2) is 11.2 Å². The highest BCUT2D eigenvalue weighted by Gasteiger charge is 2.35. The van der Waals surface area contributed by atoms with Crippen molar-refractivity contribution in [3.05, 3.63) is 15.8 Å². The average Bonchev–Trinajstić information content (AvgIpc) is 3.20. The highest BCUT2D eigenvalue weighted by Crippen LogP contribution is 2.30. The SMILES string of the molecule is CO[C@@H]1C[C@@H]([C@H](C)Oc2nc(Cl)nc3c2n(C)c(=O)n3[C@@H]2CCCOC2)N(C)C1. The zero-order valence-corrected chi connectivity index (χ0v) is 18.1. The molecule has 160 valence electrons. The summed E-state index contributed by atoms with van der Waals surface area (Å²) in [4.78, 5) is 23.9. The highest BCUT2D eigenvalue weighted by atomic mass is 35.5. The van der Waals surface area contributed by atoms with Crippen molar-refractivity contribution in [1.29, 1.82) is 0 Å². The summed E-state index contributed by atoms with van der Waals surface area (Å²) in [6, 6.07) is 0.106. The molecule has 4 rings (SSSR count). The van der Waals surface area contributed by atoms with E-state index in [9.17, 15) is 4.79 Å². The molecule has 2 aliphatic heterocycles. The van der Waals surface area contributed by atoms with Crippen molar-refractivity contribution >= 4 is 22.8 Å². The Hall–Kier alpha value is -1.68. The first kappa shape index (κ1) is 20.6. The molecule has 9 nitrogen and oxygen atoms in total. The average molecular weight is 426 g/mol. The fourth-order valence-electron chi connectivity index (χ4n) is 4.50. The van der Waals surface area contributed by atoms with Gasteiger partial charge < -0.3 is 14.2 Å². The van der Waals surface area contributed by atoms with Crippen LogP contribution in [0.1, 0.15) is 32.2 Å². The fraction of sp³-hybridized carbons (Fsp3) is 0.737. The van der Waals surface area contributed by atoms with Gasteiger partial charge in [-0.25, -0.2) is 4.79 Å². The minimum absolute atomic E-state index is 0.0605. The number of hydrogen-bond acceptors (Lipinski definition) is 7. The second kappa shape index (κ2) is 8.22. The number of likely N-dealkylation sites (tertiary alicyclic amines) is 1. The van der Waals surface area contributed by atoms with Crippen molar-refractivity contribution in [1.82, 2.24) is 24.0 Å². The molecule has 2 aliphatic rings. The molecule has 2 saturated heterocycles. The minimum atomic E-state index is -0.165. The number of likely N-dealkylation sites (N-methyl/N-ethyl adjacent to an activating group) is 1.